The third-order valence-electron chi connectivity index (χ3n) is 3.89. The van der Waals surface area contributed by atoms with Gasteiger partial charge in [0.15, 0.2) is 5.76 Å². The molecule has 0 bridgehead atoms. The molecule has 4 rings (SSSR count). The molecular weight excluding hydrogens is 310 g/mol. The summed E-state index contributed by atoms with van der Waals surface area (Å²) in [6.45, 7) is 2.36. The highest BCUT2D eigenvalue weighted by molar-refractivity contribution is 7.80. The Kier molecular flexibility index (Phi) is 3.16. The number of hydrogen-bond donors (Lipinski definition) is 0. The molecule has 5 heteroatoms. The van der Waals surface area contributed by atoms with Crippen molar-refractivity contribution in [3.63, 3.8) is 0 Å². The van der Waals surface area contributed by atoms with Crippen molar-refractivity contribution in [1.29, 1.82) is 0 Å². The Bertz CT molecular complexity index is 986. The highest BCUT2D eigenvalue weighted by Gasteiger charge is 2.31. The molecule has 0 aliphatic carbocycles. The number of para-hydroxylation sites is 1. The lowest BCUT2D eigenvalue weighted by Gasteiger charge is -2.06. The molecule has 0 radical (unpaired) electrons. The molecular formula is C18H13NO3S. The summed E-state index contributed by atoms with van der Waals surface area (Å²) in [6, 6.07) is 13.7. The minimum absolute atomic E-state index is 0.199. The molecule has 0 spiro atoms. The van der Waals surface area contributed by atoms with Crippen molar-refractivity contribution in [3.8, 4) is 0 Å². The SMILES string of the molecule is CCN1C(=O)/C(=C\c2ccc3oc4ccccc4c3c2)OC1=S. The molecule has 1 aliphatic rings. The molecule has 1 aliphatic heterocycles. The standard InChI is InChI=1S/C18H13NO3S/c1-2-19-17(20)16(22-18(19)23)10-11-7-8-15-13(9-11)12-5-3-4-6-14(12)21-15/h3-10H,2H2,1H3/b16-10+. The van der Waals surface area contributed by atoms with E-state index >= 15 is 0 Å². The van der Waals surface area contributed by atoms with Gasteiger partial charge in [-0.25, -0.2) is 0 Å². The van der Waals surface area contributed by atoms with Crippen molar-refractivity contribution in [2.75, 3.05) is 6.54 Å². The maximum atomic E-state index is 12.2. The summed E-state index contributed by atoms with van der Waals surface area (Å²) < 4.78 is 11.2. The third-order valence-corrected chi connectivity index (χ3v) is 4.19. The third kappa shape index (κ3) is 2.21. The summed E-state index contributed by atoms with van der Waals surface area (Å²) in [5.74, 6) is 0.0543. The van der Waals surface area contributed by atoms with Crippen LogP contribution in [0.2, 0.25) is 0 Å². The first-order valence-corrected chi connectivity index (χ1v) is 7.75. The highest BCUT2D eigenvalue weighted by atomic mass is 32.1. The van der Waals surface area contributed by atoms with Crippen LogP contribution in [0.25, 0.3) is 28.0 Å². The predicted octanol–water partition coefficient (Wildman–Crippen LogP) is 4.09. The fraction of sp³-hybridized carbons (Fsp3) is 0.111. The van der Waals surface area contributed by atoms with Crippen molar-refractivity contribution in [2.45, 2.75) is 6.92 Å². The van der Waals surface area contributed by atoms with Gasteiger partial charge in [0.05, 0.1) is 0 Å². The number of ether oxygens (including phenoxy) is 1. The van der Waals surface area contributed by atoms with Crippen LogP contribution < -0.4 is 0 Å². The van der Waals surface area contributed by atoms with E-state index in [2.05, 4.69) is 0 Å². The minimum atomic E-state index is -0.199. The van der Waals surface area contributed by atoms with Gasteiger partial charge in [-0.15, -0.1) is 0 Å². The molecule has 1 aromatic heterocycles. The van der Waals surface area contributed by atoms with Gasteiger partial charge in [0.2, 0.25) is 0 Å². The first kappa shape index (κ1) is 14.0. The first-order chi connectivity index (χ1) is 11.2. The second-order valence-electron chi connectivity index (χ2n) is 5.28. The van der Waals surface area contributed by atoms with Crippen LogP contribution in [0.1, 0.15) is 12.5 Å². The highest BCUT2D eigenvalue weighted by Crippen LogP contribution is 2.30. The number of carbonyl (C=O) groups is 1. The number of rotatable bonds is 2. The van der Waals surface area contributed by atoms with Crippen LogP contribution in [-0.4, -0.2) is 22.5 Å². The molecule has 0 N–H and O–H groups in total. The molecule has 1 saturated heterocycles. The molecule has 0 unspecified atom stereocenters. The fourth-order valence-corrected chi connectivity index (χ4v) is 3.06. The quantitative estimate of drug-likeness (QED) is 0.526. The van der Waals surface area contributed by atoms with Crippen LogP contribution in [0.4, 0.5) is 0 Å². The normalized spacial score (nSPS) is 16.7. The van der Waals surface area contributed by atoms with Crippen LogP contribution in [0.3, 0.4) is 0 Å². The van der Waals surface area contributed by atoms with Gasteiger partial charge in [0, 0.05) is 17.3 Å². The Morgan fingerprint density at radius 2 is 1.91 bits per heavy atom. The fourth-order valence-electron chi connectivity index (χ4n) is 2.76. The second-order valence-corrected chi connectivity index (χ2v) is 5.63. The first-order valence-electron chi connectivity index (χ1n) is 7.34. The lowest BCUT2D eigenvalue weighted by Crippen LogP contribution is -2.27. The summed E-state index contributed by atoms with van der Waals surface area (Å²) in [4.78, 5) is 13.6. The number of fused-ring (bicyclic) bond motifs is 3. The van der Waals surface area contributed by atoms with Crippen LogP contribution in [0.5, 0.6) is 0 Å². The average Bonchev–Trinajstić information content (AvgIpc) is 3.05. The summed E-state index contributed by atoms with van der Waals surface area (Å²) >= 11 is 5.06. The lowest BCUT2D eigenvalue weighted by molar-refractivity contribution is -0.122. The van der Waals surface area contributed by atoms with E-state index in [4.69, 9.17) is 21.4 Å². The van der Waals surface area contributed by atoms with Gasteiger partial charge < -0.3 is 9.15 Å². The van der Waals surface area contributed by atoms with Crippen LogP contribution in [0.15, 0.2) is 52.6 Å². The van der Waals surface area contributed by atoms with Crippen molar-refractivity contribution in [1.82, 2.24) is 4.90 Å². The molecule has 0 atom stereocenters. The van der Waals surface area contributed by atoms with E-state index in [0.29, 0.717) is 6.54 Å². The number of hydrogen-bond acceptors (Lipinski definition) is 4. The molecule has 1 amide bonds. The van der Waals surface area contributed by atoms with Gasteiger partial charge in [-0.05, 0) is 49.0 Å². The molecule has 114 valence electrons. The largest absolute Gasteiger partial charge is 0.456 e. The Labute approximate surface area is 137 Å². The number of furan rings is 1. The number of thiocarbonyl (C=S) groups is 1. The van der Waals surface area contributed by atoms with Gasteiger partial charge >= 0.3 is 0 Å². The smallest absolute Gasteiger partial charge is 0.297 e. The van der Waals surface area contributed by atoms with Crippen molar-refractivity contribution in [3.05, 3.63) is 53.8 Å². The van der Waals surface area contributed by atoms with E-state index in [-0.39, 0.29) is 16.8 Å². The molecule has 4 nitrogen and oxygen atoms in total. The molecule has 2 heterocycles. The topological polar surface area (TPSA) is 42.7 Å². The minimum Gasteiger partial charge on any atom is -0.456 e. The number of amides is 1. The van der Waals surface area contributed by atoms with Crippen LogP contribution in [0, 0.1) is 0 Å². The number of benzene rings is 2. The average molecular weight is 323 g/mol. The summed E-state index contributed by atoms with van der Waals surface area (Å²) in [7, 11) is 0. The van der Waals surface area contributed by atoms with Gasteiger partial charge in [0.25, 0.3) is 11.1 Å². The van der Waals surface area contributed by atoms with Gasteiger partial charge in [-0.3, -0.25) is 9.69 Å². The lowest BCUT2D eigenvalue weighted by atomic mass is 10.1. The number of nitrogens with zero attached hydrogens (tertiary/aromatic N) is 1. The zero-order valence-corrected chi connectivity index (χ0v) is 13.2. The molecule has 23 heavy (non-hydrogen) atoms. The zero-order valence-electron chi connectivity index (χ0n) is 12.4. The zero-order chi connectivity index (χ0) is 16.0. The summed E-state index contributed by atoms with van der Waals surface area (Å²) in [5, 5.41) is 2.26. The van der Waals surface area contributed by atoms with E-state index in [0.717, 1.165) is 27.5 Å². The summed E-state index contributed by atoms with van der Waals surface area (Å²) in [6.07, 6.45) is 1.71. The Hall–Kier alpha value is -2.66. The van der Waals surface area contributed by atoms with Crippen molar-refractivity contribution < 1.29 is 13.9 Å². The van der Waals surface area contributed by atoms with Gasteiger partial charge in [-0.1, -0.05) is 24.3 Å². The van der Waals surface area contributed by atoms with Gasteiger partial charge in [0.1, 0.15) is 11.2 Å². The number of carbonyl (C=O) groups excluding carboxylic acids is 1. The maximum Gasteiger partial charge on any atom is 0.297 e. The van der Waals surface area contributed by atoms with E-state index in [1.165, 1.54) is 4.90 Å². The Balaban J connectivity index is 1.81. The van der Waals surface area contributed by atoms with Crippen LogP contribution in [-0.2, 0) is 9.53 Å². The summed E-state index contributed by atoms with van der Waals surface area (Å²) in [5.41, 5.74) is 2.53. The van der Waals surface area contributed by atoms with E-state index < -0.39 is 0 Å². The molecule has 0 saturated carbocycles. The molecule has 1 fully saturated rings. The van der Waals surface area contributed by atoms with Crippen molar-refractivity contribution in [2.24, 2.45) is 0 Å². The van der Waals surface area contributed by atoms with E-state index in [9.17, 15) is 4.79 Å². The monoisotopic (exact) mass is 323 g/mol. The molecule has 2 aromatic carbocycles. The van der Waals surface area contributed by atoms with Gasteiger partial charge in [-0.2, -0.15) is 0 Å². The maximum absolute atomic E-state index is 12.2. The Morgan fingerprint density at radius 1 is 1.13 bits per heavy atom. The van der Waals surface area contributed by atoms with E-state index in [1.807, 2.05) is 49.4 Å². The Morgan fingerprint density at radius 3 is 2.70 bits per heavy atom. The second kappa shape index (κ2) is 5.21. The number of likely N-dealkylation sites (N-methyl/N-ethyl adjacent to an activating group) is 1. The molecule has 3 aromatic rings. The van der Waals surface area contributed by atoms with Crippen molar-refractivity contribution >= 4 is 51.3 Å². The van der Waals surface area contributed by atoms with Crippen LogP contribution >= 0.6 is 12.2 Å². The van der Waals surface area contributed by atoms with E-state index in [1.54, 1.807) is 6.08 Å². The predicted molar refractivity (Wildman–Crippen MR) is 92.8 cm³/mol.